The summed E-state index contributed by atoms with van der Waals surface area (Å²) < 4.78 is 16.8. The second kappa shape index (κ2) is 7.34. The second-order valence-corrected chi connectivity index (χ2v) is 5.94. The monoisotopic (exact) mass is 346 g/mol. The molecule has 1 atom stereocenters. The lowest BCUT2D eigenvalue weighted by atomic mass is 9.86. The molecule has 1 aliphatic heterocycles. The molecule has 0 radical (unpaired) electrons. The number of hydrogen-bond donors (Lipinski definition) is 0. The molecule has 1 aliphatic rings. The summed E-state index contributed by atoms with van der Waals surface area (Å²) in [5, 5.41) is 0.633. The van der Waals surface area contributed by atoms with E-state index in [-0.39, 0.29) is 13.2 Å². The van der Waals surface area contributed by atoms with Crippen molar-refractivity contribution in [1.29, 1.82) is 0 Å². The molecule has 3 rings (SSSR count). The largest absolute Gasteiger partial charge is 0.464 e. The normalized spacial score (nSPS) is 20.6. The summed E-state index contributed by atoms with van der Waals surface area (Å²) in [6.07, 6.45) is 0. The Morgan fingerprint density at radius 2 is 2.04 bits per heavy atom. The Hall–Kier alpha value is -1.88. The van der Waals surface area contributed by atoms with E-state index in [1.807, 2.05) is 48.5 Å². The number of esters is 1. The third-order valence-corrected chi connectivity index (χ3v) is 4.22. The number of halogens is 1. The SMILES string of the molecule is CCOC(=O)C1(c2ccccc2-c2cccc(Cl)c2)COCCO1. The van der Waals surface area contributed by atoms with Gasteiger partial charge in [0, 0.05) is 10.6 Å². The third kappa shape index (κ3) is 3.18. The van der Waals surface area contributed by atoms with E-state index in [1.54, 1.807) is 6.92 Å². The van der Waals surface area contributed by atoms with Crippen LogP contribution in [0.15, 0.2) is 48.5 Å². The van der Waals surface area contributed by atoms with Crippen LogP contribution in [0.5, 0.6) is 0 Å². The van der Waals surface area contributed by atoms with Gasteiger partial charge in [0.15, 0.2) is 0 Å². The highest BCUT2D eigenvalue weighted by Gasteiger charge is 2.46. The molecule has 1 fully saturated rings. The molecule has 0 bridgehead atoms. The van der Waals surface area contributed by atoms with Gasteiger partial charge >= 0.3 is 5.97 Å². The Kier molecular flexibility index (Phi) is 5.19. The highest BCUT2D eigenvalue weighted by Crippen LogP contribution is 2.38. The Morgan fingerprint density at radius 3 is 2.75 bits per heavy atom. The summed E-state index contributed by atoms with van der Waals surface area (Å²) in [5.74, 6) is -0.431. The smallest absolute Gasteiger partial charge is 0.345 e. The highest BCUT2D eigenvalue weighted by atomic mass is 35.5. The number of carbonyl (C=O) groups excluding carboxylic acids is 1. The number of ether oxygens (including phenoxy) is 3. The van der Waals surface area contributed by atoms with Crippen LogP contribution in [0.25, 0.3) is 11.1 Å². The van der Waals surface area contributed by atoms with Crippen molar-refractivity contribution in [3.8, 4) is 11.1 Å². The maximum absolute atomic E-state index is 12.7. The Balaban J connectivity index is 2.14. The molecular formula is C19H19ClO4. The number of benzene rings is 2. The maximum atomic E-state index is 12.7. The van der Waals surface area contributed by atoms with Gasteiger partial charge in [0.25, 0.3) is 0 Å². The van der Waals surface area contributed by atoms with Crippen LogP contribution >= 0.6 is 11.6 Å². The fourth-order valence-electron chi connectivity index (χ4n) is 2.91. The average Bonchev–Trinajstić information content (AvgIpc) is 2.62. The quantitative estimate of drug-likeness (QED) is 0.790. The second-order valence-electron chi connectivity index (χ2n) is 5.50. The zero-order valence-corrected chi connectivity index (χ0v) is 14.2. The summed E-state index contributed by atoms with van der Waals surface area (Å²) in [4.78, 5) is 12.7. The molecule has 1 unspecified atom stereocenters. The Morgan fingerprint density at radius 1 is 1.21 bits per heavy atom. The molecule has 4 nitrogen and oxygen atoms in total. The van der Waals surface area contributed by atoms with Gasteiger partial charge in [-0.3, -0.25) is 0 Å². The summed E-state index contributed by atoms with van der Waals surface area (Å²) in [6.45, 7) is 2.98. The molecule has 0 amide bonds. The van der Waals surface area contributed by atoms with Gasteiger partial charge in [-0.05, 0) is 30.2 Å². The van der Waals surface area contributed by atoms with Crippen LogP contribution < -0.4 is 0 Å². The minimum atomic E-state index is -1.26. The average molecular weight is 347 g/mol. The molecule has 1 saturated heterocycles. The lowest BCUT2D eigenvalue weighted by Gasteiger charge is -2.36. The zero-order valence-electron chi connectivity index (χ0n) is 13.5. The van der Waals surface area contributed by atoms with Crippen molar-refractivity contribution in [2.75, 3.05) is 26.4 Å². The van der Waals surface area contributed by atoms with E-state index in [4.69, 9.17) is 25.8 Å². The van der Waals surface area contributed by atoms with Crippen molar-refractivity contribution < 1.29 is 19.0 Å². The van der Waals surface area contributed by atoms with Crippen LogP contribution in [0, 0.1) is 0 Å². The molecular weight excluding hydrogens is 328 g/mol. The number of hydrogen-bond acceptors (Lipinski definition) is 4. The van der Waals surface area contributed by atoms with Crippen LogP contribution in [0.1, 0.15) is 12.5 Å². The zero-order chi connectivity index (χ0) is 17.0. The molecule has 1 heterocycles. The van der Waals surface area contributed by atoms with E-state index in [0.29, 0.717) is 18.2 Å². The minimum absolute atomic E-state index is 0.128. The first-order valence-corrected chi connectivity index (χ1v) is 8.29. The van der Waals surface area contributed by atoms with E-state index in [0.717, 1.165) is 16.7 Å². The lowest BCUT2D eigenvalue weighted by Crippen LogP contribution is -2.48. The van der Waals surface area contributed by atoms with Crippen molar-refractivity contribution in [1.82, 2.24) is 0 Å². The fourth-order valence-corrected chi connectivity index (χ4v) is 3.10. The molecule has 0 aromatic heterocycles. The minimum Gasteiger partial charge on any atom is -0.464 e. The summed E-state index contributed by atoms with van der Waals surface area (Å²) in [6, 6.07) is 15.1. The molecule has 5 heteroatoms. The van der Waals surface area contributed by atoms with Crippen molar-refractivity contribution in [2.45, 2.75) is 12.5 Å². The van der Waals surface area contributed by atoms with Crippen LogP contribution in [-0.4, -0.2) is 32.4 Å². The highest BCUT2D eigenvalue weighted by molar-refractivity contribution is 6.30. The number of rotatable bonds is 4. The van der Waals surface area contributed by atoms with Gasteiger partial charge in [0.1, 0.15) is 0 Å². The lowest BCUT2D eigenvalue weighted by molar-refractivity contribution is -0.202. The van der Waals surface area contributed by atoms with E-state index < -0.39 is 11.6 Å². The third-order valence-electron chi connectivity index (χ3n) is 3.98. The van der Waals surface area contributed by atoms with Crippen molar-refractivity contribution >= 4 is 17.6 Å². The molecule has 2 aromatic carbocycles. The first kappa shape index (κ1) is 17.0. The fraction of sp³-hybridized carbons (Fsp3) is 0.316. The van der Waals surface area contributed by atoms with Crippen molar-refractivity contribution in [3.05, 3.63) is 59.1 Å². The van der Waals surface area contributed by atoms with Gasteiger partial charge in [-0.25, -0.2) is 4.79 Å². The van der Waals surface area contributed by atoms with Gasteiger partial charge in [-0.2, -0.15) is 0 Å². The van der Waals surface area contributed by atoms with E-state index in [1.165, 1.54) is 0 Å². The molecule has 0 spiro atoms. The predicted molar refractivity (Wildman–Crippen MR) is 92.0 cm³/mol. The predicted octanol–water partition coefficient (Wildman–Crippen LogP) is 3.81. The van der Waals surface area contributed by atoms with Gasteiger partial charge in [-0.15, -0.1) is 0 Å². The number of carbonyl (C=O) groups is 1. The summed E-state index contributed by atoms with van der Waals surface area (Å²) in [5.41, 5.74) is 1.26. The van der Waals surface area contributed by atoms with E-state index in [2.05, 4.69) is 0 Å². The first-order chi connectivity index (χ1) is 11.7. The van der Waals surface area contributed by atoms with Crippen LogP contribution in [-0.2, 0) is 24.6 Å². The van der Waals surface area contributed by atoms with E-state index in [9.17, 15) is 4.79 Å². The van der Waals surface area contributed by atoms with Crippen molar-refractivity contribution in [2.24, 2.45) is 0 Å². The molecule has 0 N–H and O–H groups in total. The van der Waals surface area contributed by atoms with Gasteiger partial charge in [0.2, 0.25) is 5.60 Å². The standard InChI is InChI=1S/C19H19ClO4/c1-2-23-18(21)19(13-22-10-11-24-19)17-9-4-3-8-16(17)14-6-5-7-15(20)12-14/h3-9,12H,2,10-11,13H2,1H3. The molecule has 2 aromatic rings. The van der Waals surface area contributed by atoms with Gasteiger partial charge in [-0.1, -0.05) is 48.0 Å². The maximum Gasteiger partial charge on any atom is 0.345 e. The van der Waals surface area contributed by atoms with Crippen LogP contribution in [0.2, 0.25) is 5.02 Å². The van der Waals surface area contributed by atoms with Crippen LogP contribution in [0.3, 0.4) is 0 Å². The Labute approximate surface area is 146 Å². The molecule has 0 saturated carbocycles. The van der Waals surface area contributed by atoms with Gasteiger partial charge < -0.3 is 14.2 Å². The molecule has 126 valence electrons. The summed E-state index contributed by atoms with van der Waals surface area (Å²) in [7, 11) is 0. The first-order valence-electron chi connectivity index (χ1n) is 7.92. The van der Waals surface area contributed by atoms with Crippen molar-refractivity contribution in [3.63, 3.8) is 0 Å². The van der Waals surface area contributed by atoms with Gasteiger partial charge in [0.05, 0.1) is 26.4 Å². The molecule has 24 heavy (non-hydrogen) atoms. The molecule has 0 aliphatic carbocycles. The van der Waals surface area contributed by atoms with Crippen LogP contribution in [0.4, 0.5) is 0 Å². The topological polar surface area (TPSA) is 44.8 Å². The Bertz CT molecular complexity index is 723. The van der Waals surface area contributed by atoms with E-state index >= 15 is 0 Å². The summed E-state index contributed by atoms with van der Waals surface area (Å²) >= 11 is 6.13.